The molecular weight excluding hydrogens is 476 g/mol. The molecule has 10 heteroatoms. The van der Waals surface area contributed by atoms with Gasteiger partial charge in [-0.3, -0.25) is 9.11 Å². The van der Waals surface area contributed by atoms with Crippen LogP contribution in [0.25, 0.3) is 0 Å². The summed E-state index contributed by atoms with van der Waals surface area (Å²) in [5.41, 5.74) is 12.7. The molecule has 6 N–H and O–H groups in total. The van der Waals surface area contributed by atoms with E-state index in [0.717, 1.165) is 24.2 Å². The average Bonchev–Trinajstić information content (AvgIpc) is 2.76. The lowest BCUT2D eigenvalue weighted by Gasteiger charge is -2.00. The summed E-state index contributed by atoms with van der Waals surface area (Å²) in [5.74, 6) is 0. The summed E-state index contributed by atoms with van der Waals surface area (Å²) in [6.07, 6.45) is 10.5. The molecule has 2 aromatic carbocycles. The van der Waals surface area contributed by atoms with Crippen LogP contribution >= 0.6 is 0 Å². The van der Waals surface area contributed by atoms with Gasteiger partial charge < -0.3 is 11.5 Å². The zero-order valence-electron chi connectivity index (χ0n) is 20.2. The van der Waals surface area contributed by atoms with Crippen molar-refractivity contribution in [3.05, 3.63) is 59.7 Å². The Morgan fingerprint density at radius 1 is 0.529 bits per heavy atom. The van der Waals surface area contributed by atoms with Crippen LogP contribution in [0.4, 0.5) is 0 Å². The Kier molecular flexibility index (Phi) is 16.6. The molecule has 0 amide bonds. The summed E-state index contributed by atoms with van der Waals surface area (Å²) in [6.45, 7) is 5.39. The van der Waals surface area contributed by atoms with Crippen molar-refractivity contribution in [1.82, 2.24) is 0 Å². The van der Waals surface area contributed by atoms with Gasteiger partial charge in [-0.15, -0.1) is 0 Å². The minimum atomic E-state index is -4.02. The first-order valence-electron chi connectivity index (χ1n) is 11.4. The molecule has 2 rings (SSSR count). The molecule has 0 aliphatic rings. The summed E-state index contributed by atoms with van der Waals surface area (Å²) >= 11 is 0. The SMILES string of the molecule is Cc1ccc(S(=O)(=O)O)cc1.Cc1ccc(S(=O)(=O)O)cc1.NCCCCCCCCCCN. The van der Waals surface area contributed by atoms with E-state index in [1.165, 1.54) is 75.6 Å². The molecule has 0 aliphatic heterocycles. The van der Waals surface area contributed by atoms with Crippen LogP contribution in [0.5, 0.6) is 0 Å². The van der Waals surface area contributed by atoms with Gasteiger partial charge in [0, 0.05) is 0 Å². The van der Waals surface area contributed by atoms with Crippen LogP contribution in [0, 0.1) is 13.8 Å². The van der Waals surface area contributed by atoms with Crippen LogP contribution in [-0.2, 0) is 20.2 Å². The number of hydrogen-bond donors (Lipinski definition) is 4. The quantitative estimate of drug-likeness (QED) is 0.250. The van der Waals surface area contributed by atoms with E-state index in [4.69, 9.17) is 20.6 Å². The lowest BCUT2D eigenvalue weighted by molar-refractivity contribution is 0.481. The van der Waals surface area contributed by atoms with E-state index in [2.05, 4.69) is 0 Å². The third-order valence-electron chi connectivity index (χ3n) is 4.80. The molecule has 0 atom stereocenters. The molecular formula is C24H40N2O6S2. The van der Waals surface area contributed by atoms with Crippen LogP contribution in [0.2, 0.25) is 0 Å². The molecule has 194 valence electrons. The first-order valence-corrected chi connectivity index (χ1v) is 14.3. The van der Waals surface area contributed by atoms with Crippen molar-refractivity contribution in [3.8, 4) is 0 Å². The van der Waals surface area contributed by atoms with Crippen LogP contribution in [0.1, 0.15) is 62.5 Å². The maximum atomic E-state index is 10.5. The minimum absolute atomic E-state index is 0.0666. The van der Waals surface area contributed by atoms with Gasteiger partial charge in [-0.2, -0.15) is 16.8 Å². The van der Waals surface area contributed by atoms with Crippen molar-refractivity contribution in [1.29, 1.82) is 0 Å². The zero-order valence-corrected chi connectivity index (χ0v) is 21.8. The highest BCUT2D eigenvalue weighted by atomic mass is 32.2. The van der Waals surface area contributed by atoms with Gasteiger partial charge in [0.1, 0.15) is 0 Å². The van der Waals surface area contributed by atoms with Gasteiger partial charge in [-0.25, -0.2) is 0 Å². The van der Waals surface area contributed by atoms with E-state index in [-0.39, 0.29) is 9.79 Å². The molecule has 0 aromatic heterocycles. The van der Waals surface area contributed by atoms with E-state index in [1.54, 1.807) is 24.3 Å². The maximum absolute atomic E-state index is 10.5. The Morgan fingerprint density at radius 3 is 0.971 bits per heavy atom. The van der Waals surface area contributed by atoms with Gasteiger partial charge in [0.15, 0.2) is 0 Å². The summed E-state index contributed by atoms with van der Waals surface area (Å²) in [6, 6.07) is 12.0. The number of rotatable bonds is 11. The summed E-state index contributed by atoms with van der Waals surface area (Å²) in [7, 11) is -8.04. The fourth-order valence-electron chi connectivity index (χ4n) is 2.77. The Labute approximate surface area is 205 Å². The van der Waals surface area contributed by atoms with Gasteiger partial charge in [-0.05, 0) is 64.0 Å². The smallest absolute Gasteiger partial charge is 0.294 e. The van der Waals surface area contributed by atoms with Gasteiger partial charge in [0.2, 0.25) is 0 Å². The van der Waals surface area contributed by atoms with E-state index < -0.39 is 20.2 Å². The van der Waals surface area contributed by atoms with Crippen LogP contribution in [-0.4, -0.2) is 39.0 Å². The van der Waals surface area contributed by atoms with Crippen LogP contribution in [0.15, 0.2) is 58.3 Å². The second-order valence-electron chi connectivity index (χ2n) is 7.98. The molecule has 0 spiro atoms. The molecule has 8 nitrogen and oxygen atoms in total. The standard InChI is InChI=1S/C10H24N2.2C7H8O3S/c11-9-7-5-3-1-2-4-6-8-10-12;2*1-6-2-4-7(5-3-6)11(8,9)10/h1-12H2;2*2-5H,1H3,(H,8,9,10). The predicted molar refractivity (Wildman–Crippen MR) is 137 cm³/mol. The molecule has 0 fully saturated rings. The van der Waals surface area contributed by atoms with Crippen molar-refractivity contribution >= 4 is 20.2 Å². The van der Waals surface area contributed by atoms with E-state index >= 15 is 0 Å². The molecule has 0 saturated carbocycles. The number of nitrogens with two attached hydrogens (primary N) is 2. The third kappa shape index (κ3) is 16.7. The molecule has 2 aromatic rings. The zero-order chi connectivity index (χ0) is 26.0. The molecule has 0 saturated heterocycles. The average molecular weight is 517 g/mol. The molecule has 34 heavy (non-hydrogen) atoms. The highest BCUT2D eigenvalue weighted by Gasteiger charge is 2.07. The van der Waals surface area contributed by atoms with Crippen LogP contribution < -0.4 is 11.5 Å². The number of unbranched alkanes of at least 4 members (excludes halogenated alkanes) is 7. The normalized spacial score (nSPS) is 11.1. The lowest BCUT2D eigenvalue weighted by Crippen LogP contribution is -1.98. The highest BCUT2D eigenvalue weighted by Crippen LogP contribution is 2.10. The topological polar surface area (TPSA) is 161 Å². The minimum Gasteiger partial charge on any atom is -0.330 e. The number of hydrogen-bond acceptors (Lipinski definition) is 6. The Morgan fingerprint density at radius 2 is 0.765 bits per heavy atom. The molecule has 0 unspecified atom stereocenters. The Hall–Kier alpha value is -1.82. The van der Waals surface area contributed by atoms with Crippen LogP contribution in [0.3, 0.4) is 0 Å². The molecule has 0 bridgehead atoms. The molecule has 0 aliphatic carbocycles. The second-order valence-corrected chi connectivity index (χ2v) is 10.8. The molecule has 0 heterocycles. The third-order valence-corrected chi connectivity index (χ3v) is 6.53. The monoisotopic (exact) mass is 516 g/mol. The van der Waals surface area contributed by atoms with Gasteiger partial charge in [-0.1, -0.05) is 73.9 Å². The van der Waals surface area contributed by atoms with Crippen molar-refractivity contribution in [2.24, 2.45) is 11.5 Å². The van der Waals surface area contributed by atoms with Crippen molar-refractivity contribution < 1.29 is 25.9 Å². The predicted octanol–water partition coefficient (Wildman–Crippen LogP) is 4.51. The second kappa shape index (κ2) is 17.6. The van der Waals surface area contributed by atoms with E-state index in [0.29, 0.717) is 0 Å². The molecule has 0 radical (unpaired) electrons. The van der Waals surface area contributed by atoms with E-state index in [9.17, 15) is 16.8 Å². The van der Waals surface area contributed by atoms with Gasteiger partial charge in [0.05, 0.1) is 9.79 Å². The van der Waals surface area contributed by atoms with Gasteiger partial charge in [0.25, 0.3) is 20.2 Å². The van der Waals surface area contributed by atoms with Crippen molar-refractivity contribution in [2.45, 2.75) is 75.0 Å². The summed E-state index contributed by atoms with van der Waals surface area (Å²) in [5, 5.41) is 0. The number of aryl methyl sites for hydroxylation is 2. The summed E-state index contributed by atoms with van der Waals surface area (Å²) < 4.78 is 59.1. The first kappa shape index (κ1) is 32.2. The summed E-state index contributed by atoms with van der Waals surface area (Å²) in [4.78, 5) is -0.133. The lowest BCUT2D eigenvalue weighted by atomic mass is 10.1. The Balaban J connectivity index is 0.000000481. The fraction of sp³-hybridized carbons (Fsp3) is 0.500. The van der Waals surface area contributed by atoms with Crippen molar-refractivity contribution in [3.63, 3.8) is 0 Å². The van der Waals surface area contributed by atoms with E-state index in [1.807, 2.05) is 13.8 Å². The maximum Gasteiger partial charge on any atom is 0.294 e. The van der Waals surface area contributed by atoms with Crippen molar-refractivity contribution in [2.75, 3.05) is 13.1 Å². The largest absolute Gasteiger partial charge is 0.330 e. The first-order chi connectivity index (χ1) is 15.9. The number of benzene rings is 2. The fourth-order valence-corrected chi connectivity index (χ4v) is 3.73. The van der Waals surface area contributed by atoms with Gasteiger partial charge >= 0.3 is 0 Å². The Bertz CT molecular complexity index is 907. The highest BCUT2D eigenvalue weighted by molar-refractivity contribution is 7.86.